The SMILES string of the molecule is C=C(C)C(=O)OCC(COC(=O)C(=C)C)OC(=O)C(=C)C(=O)O.C=C(C)C(=O)OCC(O)COC(=O)C(=C)C.CCC[Si](OCC)(OCC)OCC.CCO[Si](CCCC1CC(=O)OC1=O)(OCC)OCC. The first kappa shape index (κ1) is 71.1. The van der Waals surface area contributed by atoms with Crippen molar-refractivity contribution in [2.75, 3.05) is 66.1 Å². The van der Waals surface area contributed by atoms with Gasteiger partial charge < -0.3 is 65.2 Å². The zero-order chi connectivity index (χ0) is 56.0. The minimum Gasteiger partial charge on any atom is -0.477 e. The number of carboxylic acids is 1. The second-order valence-corrected chi connectivity index (χ2v) is 20.7. The summed E-state index contributed by atoms with van der Waals surface area (Å²) in [6.07, 6.45) is 0.306. The number of carbonyl (C=O) groups is 8. The summed E-state index contributed by atoms with van der Waals surface area (Å²) in [5.41, 5.74) is -0.0994. The molecule has 1 aliphatic heterocycles. The van der Waals surface area contributed by atoms with E-state index >= 15 is 0 Å². The van der Waals surface area contributed by atoms with Crippen LogP contribution in [0.3, 0.4) is 0 Å². The molecule has 0 aromatic carbocycles. The monoisotopic (exact) mass is 1060 g/mol. The van der Waals surface area contributed by atoms with Crippen molar-refractivity contribution in [2.24, 2.45) is 5.92 Å². The number of esters is 7. The number of aliphatic carboxylic acids is 1. The van der Waals surface area contributed by atoms with Gasteiger partial charge in [-0.15, -0.1) is 0 Å². The average Bonchev–Trinajstić information content (AvgIpc) is 3.63. The normalized spacial score (nSPS) is 12.8. The summed E-state index contributed by atoms with van der Waals surface area (Å²) < 4.78 is 62.4. The number of hydrogen-bond acceptors (Lipinski definition) is 21. The van der Waals surface area contributed by atoms with Crippen LogP contribution in [0.2, 0.25) is 12.1 Å². The van der Waals surface area contributed by atoms with Crippen LogP contribution in [0.4, 0.5) is 0 Å². The largest absolute Gasteiger partial charge is 0.500 e. The van der Waals surface area contributed by atoms with Crippen LogP contribution < -0.4 is 0 Å². The van der Waals surface area contributed by atoms with Crippen LogP contribution in [-0.2, 0) is 93.3 Å². The molecule has 0 aromatic rings. The lowest BCUT2D eigenvalue weighted by Gasteiger charge is -2.28. The predicted molar refractivity (Wildman–Crippen MR) is 265 cm³/mol. The molecule has 1 rings (SSSR count). The van der Waals surface area contributed by atoms with E-state index in [1.165, 1.54) is 27.7 Å². The Morgan fingerprint density at radius 2 is 0.903 bits per heavy atom. The van der Waals surface area contributed by atoms with Crippen LogP contribution in [-0.4, -0.2) is 154 Å². The van der Waals surface area contributed by atoms with Gasteiger partial charge in [0.15, 0.2) is 6.10 Å². The van der Waals surface area contributed by atoms with Crippen molar-refractivity contribution >= 4 is 65.4 Å². The van der Waals surface area contributed by atoms with Gasteiger partial charge >= 0.3 is 65.4 Å². The summed E-state index contributed by atoms with van der Waals surface area (Å²) in [6, 6.07) is 1.57. The number of carbonyl (C=O) groups excluding carboxylic acids is 7. The molecule has 72 heavy (non-hydrogen) atoms. The molecule has 24 heteroatoms. The summed E-state index contributed by atoms with van der Waals surface area (Å²) in [6.45, 7) is 38.4. The second kappa shape index (κ2) is 40.3. The minimum absolute atomic E-state index is 0.115. The molecule has 0 amide bonds. The van der Waals surface area contributed by atoms with Crippen molar-refractivity contribution in [3.8, 4) is 0 Å². The van der Waals surface area contributed by atoms with Gasteiger partial charge in [-0.25, -0.2) is 28.8 Å². The fraction of sp³-hybridized carbons (Fsp3) is 0.625. The predicted octanol–water partition coefficient (Wildman–Crippen LogP) is 5.71. The van der Waals surface area contributed by atoms with Crippen LogP contribution in [0.5, 0.6) is 0 Å². The van der Waals surface area contributed by atoms with E-state index in [0.29, 0.717) is 52.1 Å². The Hall–Kier alpha value is -5.19. The van der Waals surface area contributed by atoms with Gasteiger partial charge in [-0.1, -0.05) is 46.2 Å². The molecule has 0 bridgehead atoms. The van der Waals surface area contributed by atoms with Crippen molar-refractivity contribution in [3.63, 3.8) is 0 Å². The molecule has 0 saturated carbocycles. The Kier molecular flexibility index (Phi) is 39.8. The summed E-state index contributed by atoms with van der Waals surface area (Å²) in [4.78, 5) is 89.1. The molecule has 2 N–H and O–H groups in total. The van der Waals surface area contributed by atoms with Crippen LogP contribution in [0.1, 0.15) is 102 Å². The van der Waals surface area contributed by atoms with Gasteiger partial charge in [0.1, 0.15) is 38.1 Å². The van der Waals surface area contributed by atoms with Gasteiger partial charge in [0, 0.05) is 74.0 Å². The van der Waals surface area contributed by atoms with Gasteiger partial charge in [-0.05, 0) is 82.1 Å². The molecule has 1 fully saturated rings. The van der Waals surface area contributed by atoms with Crippen molar-refractivity contribution in [1.29, 1.82) is 0 Å². The first-order valence-corrected chi connectivity index (χ1v) is 27.3. The fourth-order valence-corrected chi connectivity index (χ4v) is 10.5. The number of aliphatic hydroxyl groups excluding tert-OH is 1. The summed E-state index contributed by atoms with van der Waals surface area (Å²) in [5, 5.41) is 17.9. The molecule has 1 heterocycles. The van der Waals surface area contributed by atoms with Crippen LogP contribution in [0.25, 0.3) is 0 Å². The fourth-order valence-electron chi connectivity index (χ4n) is 5.26. The molecule has 1 saturated heterocycles. The number of aliphatic hydroxyl groups is 1. The van der Waals surface area contributed by atoms with Crippen LogP contribution in [0, 0.1) is 5.92 Å². The molecule has 1 atom stereocenters. The lowest BCUT2D eigenvalue weighted by Crippen LogP contribution is -2.46. The molecule has 0 aromatic heterocycles. The molecule has 412 valence electrons. The number of hydrogen-bond donors (Lipinski definition) is 2. The number of ether oxygens (including phenoxy) is 6. The Morgan fingerprint density at radius 1 is 0.569 bits per heavy atom. The molecule has 22 nitrogen and oxygen atoms in total. The zero-order valence-corrected chi connectivity index (χ0v) is 46.1. The maximum Gasteiger partial charge on any atom is 0.500 e. The Balaban J connectivity index is -0.000000900. The number of rotatable bonds is 33. The highest BCUT2D eigenvalue weighted by molar-refractivity contribution is 6.61. The lowest BCUT2D eigenvalue weighted by molar-refractivity contribution is -0.162. The molecule has 0 aliphatic carbocycles. The third-order valence-corrected chi connectivity index (χ3v) is 15.0. The van der Waals surface area contributed by atoms with E-state index in [0.717, 1.165) is 18.9 Å². The Bertz CT molecular complexity index is 1690. The number of cyclic esters (lactones) is 2. The number of carboxylic acid groups (broad SMARTS) is 1. The first-order chi connectivity index (χ1) is 33.7. The van der Waals surface area contributed by atoms with Crippen molar-refractivity contribution in [3.05, 3.63) is 60.8 Å². The van der Waals surface area contributed by atoms with Crippen molar-refractivity contribution in [1.82, 2.24) is 0 Å². The summed E-state index contributed by atoms with van der Waals surface area (Å²) in [7, 11) is -4.94. The van der Waals surface area contributed by atoms with Crippen molar-refractivity contribution in [2.45, 2.75) is 126 Å². The van der Waals surface area contributed by atoms with E-state index in [1.54, 1.807) is 0 Å². The van der Waals surface area contributed by atoms with E-state index < -0.39 is 96.4 Å². The van der Waals surface area contributed by atoms with E-state index in [-0.39, 0.29) is 47.8 Å². The highest BCUT2D eigenvalue weighted by Crippen LogP contribution is 2.26. The maximum absolute atomic E-state index is 11.5. The molecule has 0 spiro atoms. The minimum atomic E-state index is -2.64. The summed E-state index contributed by atoms with van der Waals surface area (Å²) in [5.74, 6) is -6.63. The van der Waals surface area contributed by atoms with E-state index in [1.807, 2.05) is 41.5 Å². The van der Waals surface area contributed by atoms with Crippen LogP contribution >= 0.6 is 0 Å². The van der Waals surface area contributed by atoms with Gasteiger partial charge in [0.05, 0.1) is 12.3 Å². The van der Waals surface area contributed by atoms with Gasteiger partial charge in [0.2, 0.25) is 0 Å². The van der Waals surface area contributed by atoms with Gasteiger partial charge in [-0.2, -0.15) is 0 Å². The third kappa shape index (κ3) is 32.7. The topological polar surface area (TPSA) is 288 Å². The van der Waals surface area contributed by atoms with E-state index in [4.69, 9.17) is 45.9 Å². The second-order valence-electron chi connectivity index (χ2n) is 15.3. The summed E-state index contributed by atoms with van der Waals surface area (Å²) >= 11 is 0. The third-order valence-electron chi connectivity index (χ3n) is 8.52. The lowest BCUT2D eigenvalue weighted by atomic mass is 10.0. The van der Waals surface area contributed by atoms with E-state index in [9.17, 15) is 43.5 Å². The quantitative estimate of drug-likeness (QED) is 0.0199. The first-order valence-electron chi connectivity index (χ1n) is 23.4. The Labute approximate surface area is 426 Å². The molecular formula is C48H80O22Si2. The zero-order valence-electron chi connectivity index (χ0n) is 44.1. The van der Waals surface area contributed by atoms with E-state index in [2.05, 4.69) is 54.0 Å². The average molecular weight is 1070 g/mol. The van der Waals surface area contributed by atoms with Gasteiger partial charge in [0.25, 0.3) is 0 Å². The Morgan fingerprint density at radius 3 is 1.18 bits per heavy atom. The van der Waals surface area contributed by atoms with Gasteiger partial charge in [-0.3, -0.25) is 9.59 Å². The smallest absolute Gasteiger partial charge is 0.477 e. The highest BCUT2D eigenvalue weighted by Gasteiger charge is 2.41. The maximum atomic E-state index is 11.5. The van der Waals surface area contributed by atoms with Crippen LogP contribution in [0.15, 0.2) is 60.8 Å². The standard InChI is InChI=1S/C15H18O8.C13H24O6Si.C11H16O5.C9H22O3Si/c1-8(2)13(18)21-6-11(7-22-14(19)9(3)4)23-15(20)10(5)12(16)17;1-4-16-20(17-5-2,18-6-3)9-7-8-11-10-12(14)19-13(11)15;1-7(2)10(13)15-5-9(12)6-16-11(14)8(3)4;1-5-9-13(10-6-2,11-7-3)12-8-4/h11H,1,3,5-7H2,2,4H3,(H,16,17);11H,4-10H2,1-3H3;9,12H,1,3,5-6H2,2,4H3;5-9H2,1-4H3. The molecular weight excluding hydrogens is 985 g/mol. The molecule has 1 unspecified atom stereocenters. The molecule has 1 aliphatic rings. The van der Waals surface area contributed by atoms with Crippen molar-refractivity contribution < 1.29 is 104 Å². The molecule has 0 radical (unpaired) electrons. The highest BCUT2D eigenvalue weighted by atomic mass is 28.4.